The number of halogens is 2. The van der Waals surface area contributed by atoms with Gasteiger partial charge in [-0.3, -0.25) is 4.79 Å². The number of ether oxygens (including phenoxy) is 3. The number of para-hydroxylation sites is 1. The fourth-order valence-electron chi connectivity index (χ4n) is 3.54. The zero-order valence-electron chi connectivity index (χ0n) is 20.3. The van der Waals surface area contributed by atoms with Gasteiger partial charge in [-0.15, -0.1) is 0 Å². The van der Waals surface area contributed by atoms with Gasteiger partial charge in [-0.25, -0.2) is 9.78 Å². The monoisotopic (exact) mass is 583 g/mol. The van der Waals surface area contributed by atoms with Crippen molar-refractivity contribution in [3.8, 4) is 22.9 Å². The van der Waals surface area contributed by atoms with E-state index in [2.05, 4.69) is 21.0 Å². The highest BCUT2D eigenvalue weighted by Gasteiger charge is 2.19. The van der Waals surface area contributed by atoms with Gasteiger partial charge in [0, 0.05) is 15.6 Å². The molecule has 0 atom stereocenters. The molecule has 0 aliphatic rings. The average molecular weight is 585 g/mol. The molecule has 4 rings (SSSR count). The number of fused-ring (bicyclic) bond motifs is 1. The Hall–Kier alpha value is -3.69. The van der Waals surface area contributed by atoms with E-state index in [0.29, 0.717) is 26.8 Å². The Morgan fingerprint density at radius 1 is 1.16 bits per heavy atom. The Morgan fingerprint density at radius 3 is 2.57 bits per heavy atom. The molecular weight excluding hydrogens is 562 g/mol. The third kappa shape index (κ3) is 5.84. The SMILES string of the molecule is COc1cc(C=Nn2c(-c3ccccc3)nc3ccccc3c2=O)c(Br)c(Cl)c1OCC(=O)OC(C)C. The van der Waals surface area contributed by atoms with Crippen LogP contribution in [-0.4, -0.2) is 41.7 Å². The third-order valence-electron chi connectivity index (χ3n) is 5.18. The zero-order valence-corrected chi connectivity index (χ0v) is 22.6. The molecule has 190 valence electrons. The van der Waals surface area contributed by atoms with Crippen molar-refractivity contribution in [2.45, 2.75) is 20.0 Å². The maximum Gasteiger partial charge on any atom is 0.344 e. The average Bonchev–Trinajstić information content (AvgIpc) is 2.89. The molecule has 0 bridgehead atoms. The maximum atomic E-state index is 13.4. The van der Waals surface area contributed by atoms with Gasteiger partial charge in [-0.05, 0) is 48.0 Å². The van der Waals surface area contributed by atoms with Crippen LogP contribution in [0.1, 0.15) is 19.4 Å². The fraction of sp³-hybridized carbons (Fsp3) is 0.185. The molecule has 37 heavy (non-hydrogen) atoms. The molecule has 0 aliphatic carbocycles. The van der Waals surface area contributed by atoms with Crippen molar-refractivity contribution in [2.75, 3.05) is 13.7 Å². The summed E-state index contributed by atoms with van der Waals surface area (Å²) in [5.74, 6) is 0.299. The largest absolute Gasteiger partial charge is 0.493 e. The number of esters is 1. The summed E-state index contributed by atoms with van der Waals surface area (Å²) in [6.07, 6.45) is 1.20. The molecule has 4 aromatic rings. The number of benzene rings is 3. The lowest BCUT2D eigenvalue weighted by Crippen LogP contribution is -2.20. The van der Waals surface area contributed by atoms with E-state index < -0.39 is 5.97 Å². The highest BCUT2D eigenvalue weighted by atomic mass is 79.9. The molecule has 0 amide bonds. The van der Waals surface area contributed by atoms with Crippen LogP contribution >= 0.6 is 27.5 Å². The van der Waals surface area contributed by atoms with Crippen LogP contribution in [0.4, 0.5) is 0 Å². The fourth-order valence-corrected chi connectivity index (χ4v) is 4.19. The molecule has 0 N–H and O–H groups in total. The minimum atomic E-state index is -0.536. The summed E-state index contributed by atoms with van der Waals surface area (Å²) < 4.78 is 17.8. The van der Waals surface area contributed by atoms with Gasteiger partial charge in [-0.1, -0.05) is 54.1 Å². The van der Waals surface area contributed by atoms with Crippen LogP contribution in [0.25, 0.3) is 22.3 Å². The number of hydrogen-bond acceptors (Lipinski definition) is 7. The minimum Gasteiger partial charge on any atom is -0.493 e. The van der Waals surface area contributed by atoms with E-state index in [1.54, 1.807) is 38.1 Å². The molecule has 1 heterocycles. The first kappa shape index (κ1) is 26.4. The van der Waals surface area contributed by atoms with Crippen LogP contribution in [0.5, 0.6) is 11.5 Å². The lowest BCUT2D eigenvalue weighted by atomic mass is 10.2. The van der Waals surface area contributed by atoms with Crippen LogP contribution in [0.2, 0.25) is 5.02 Å². The zero-order chi connectivity index (χ0) is 26.5. The van der Waals surface area contributed by atoms with Crippen LogP contribution in [0.15, 0.2) is 75.0 Å². The van der Waals surface area contributed by atoms with Gasteiger partial charge in [0.15, 0.2) is 23.9 Å². The molecule has 0 spiro atoms. The minimum absolute atomic E-state index is 0.170. The number of aromatic nitrogens is 2. The Morgan fingerprint density at radius 2 is 1.86 bits per heavy atom. The maximum absolute atomic E-state index is 13.4. The number of rotatable bonds is 8. The van der Waals surface area contributed by atoms with Crippen molar-refractivity contribution < 1.29 is 19.0 Å². The number of carbonyl (C=O) groups is 1. The van der Waals surface area contributed by atoms with Crippen molar-refractivity contribution in [2.24, 2.45) is 5.10 Å². The lowest BCUT2D eigenvalue weighted by molar-refractivity contribution is -0.149. The van der Waals surface area contributed by atoms with Gasteiger partial charge in [-0.2, -0.15) is 9.78 Å². The van der Waals surface area contributed by atoms with Crippen LogP contribution in [0.3, 0.4) is 0 Å². The van der Waals surface area contributed by atoms with Crippen molar-refractivity contribution in [1.29, 1.82) is 0 Å². The molecule has 0 fully saturated rings. The number of methoxy groups -OCH3 is 1. The Balaban J connectivity index is 1.76. The van der Waals surface area contributed by atoms with E-state index in [1.807, 2.05) is 36.4 Å². The highest BCUT2D eigenvalue weighted by molar-refractivity contribution is 9.10. The summed E-state index contributed by atoms with van der Waals surface area (Å²) in [5.41, 5.74) is 1.49. The second kappa shape index (κ2) is 11.6. The summed E-state index contributed by atoms with van der Waals surface area (Å²) in [6.45, 7) is 3.15. The quantitative estimate of drug-likeness (QED) is 0.195. The topological polar surface area (TPSA) is 92.0 Å². The molecule has 10 heteroatoms. The number of hydrogen-bond donors (Lipinski definition) is 0. The van der Waals surface area contributed by atoms with E-state index in [-0.39, 0.29) is 34.8 Å². The normalized spacial score (nSPS) is 11.3. The molecular formula is C27H23BrClN3O5. The van der Waals surface area contributed by atoms with Gasteiger partial charge in [0.2, 0.25) is 0 Å². The Kier molecular flexibility index (Phi) is 8.25. The summed E-state index contributed by atoms with van der Waals surface area (Å²) in [4.78, 5) is 30.0. The smallest absolute Gasteiger partial charge is 0.344 e. The number of carbonyl (C=O) groups excluding carboxylic acids is 1. The molecule has 0 saturated carbocycles. The molecule has 3 aromatic carbocycles. The molecule has 1 aromatic heterocycles. The van der Waals surface area contributed by atoms with E-state index in [9.17, 15) is 9.59 Å². The van der Waals surface area contributed by atoms with Crippen LogP contribution in [-0.2, 0) is 9.53 Å². The Labute approximate surface area is 226 Å². The summed E-state index contributed by atoms with van der Waals surface area (Å²) in [5, 5.41) is 5.08. The van der Waals surface area contributed by atoms with E-state index >= 15 is 0 Å². The van der Waals surface area contributed by atoms with Gasteiger partial charge in [0.25, 0.3) is 5.56 Å². The van der Waals surface area contributed by atoms with Crippen molar-refractivity contribution in [3.05, 3.63) is 86.1 Å². The van der Waals surface area contributed by atoms with Gasteiger partial charge >= 0.3 is 5.97 Å². The molecule has 8 nitrogen and oxygen atoms in total. The van der Waals surface area contributed by atoms with Crippen LogP contribution < -0.4 is 15.0 Å². The van der Waals surface area contributed by atoms with E-state index in [0.717, 1.165) is 5.56 Å². The van der Waals surface area contributed by atoms with E-state index in [1.165, 1.54) is 18.0 Å². The van der Waals surface area contributed by atoms with Gasteiger partial charge in [0.1, 0.15) is 5.02 Å². The summed E-state index contributed by atoms with van der Waals surface area (Å²) in [7, 11) is 1.45. The lowest BCUT2D eigenvalue weighted by Gasteiger charge is -2.15. The van der Waals surface area contributed by atoms with E-state index in [4.69, 9.17) is 30.8 Å². The summed E-state index contributed by atoms with van der Waals surface area (Å²) >= 11 is 10.0. The second-order valence-corrected chi connectivity index (χ2v) is 9.30. The second-order valence-electron chi connectivity index (χ2n) is 8.13. The summed E-state index contributed by atoms with van der Waals surface area (Å²) in [6, 6.07) is 18.0. The predicted molar refractivity (Wildman–Crippen MR) is 147 cm³/mol. The third-order valence-corrected chi connectivity index (χ3v) is 6.62. The molecule has 0 radical (unpaired) electrons. The highest BCUT2D eigenvalue weighted by Crippen LogP contribution is 2.42. The van der Waals surface area contributed by atoms with Gasteiger partial charge in [0.05, 0.1) is 30.3 Å². The van der Waals surface area contributed by atoms with Crippen molar-refractivity contribution in [3.63, 3.8) is 0 Å². The first-order chi connectivity index (χ1) is 17.8. The van der Waals surface area contributed by atoms with Crippen LogP contribution in [0, 0.1) is 0 Å². The van der Waals surface area contributed by atoms with Crippen molar-refractivity contribution in [1.82, 2.24) is 9.66 Å². The standard InChI is InChI=1S/C27H23BrClN3O5/c1-16(2)37-22(33)15-36-25-21(35-3)13-18(23(28)24(25)29)14-30-32-26(17-9-5-4-6-10-17)31-20-12-8-7-11-19(20)27(32)34/h4-14,16H,15H2,1-3H3. The predicted octanol–water partition coefficient (Wildman–Crippen LogP) is 5.70. The van der Waals surface area contributed by atoms with Gasteiger partial charge < -0.3 is 14.2 Å². The van der Waals surface area contributed by atoms with Crippen molar-refractivity contribution >= 4 is 50.6 Å². The first-order valence-electron chi connectivity index (χ1n) is 11.3. The molecule has 0 saturated heterocycles. The number of nitrogens with zero attached hydrogens (tertiary/aromatic N) is 3. The molecule has 0 unspecified atom stereocenters. The first-order valence-corrected chi connectivity index (χ1v) is 12.5. The Bertz CT molecular complexity index is 1540. The molecule has 0 aliphatic heterocycles.